The molecule has 0 aromatic rings. The van der Waals surface area contributed by atoms with Crippen LogP contribution in [0.15, 0.2) is 0 Å². The molecule has 0 aromatic heterocycles. The minimum absolute atomic E-state index is 0.0147. The van der Waals surface area contributed by atoms with E-state index in [0.29, 0.717) is 0 Å². The number of nitrogens with one attached hydrogen (secondary N) is 2. The monoisotopic (exact) mass is 285 g/mol. The van der Waals surface area contributed by atoms with Crippen molar-refractivity contribution in [1.82, 2.24) is 15.5 Å². The summed E-state index contributed by atoms with van der Waals surface area (Å²) in [6, 6.07) is 0. The minimum Gasteiger partial charge on any atom is -0.444 e. The average Bonchev–Trinajstić information content (AvgIpc) is 2.79. The van der Waals surface area contributed by atoms with E-state index in [9.17, 15) is 9.59 Å². The Labute approximate surface area is 121 Å². The summed E-state index contributed by atoms with van der Waals surface area (Å²) < 4.78 is 5.11. The van der Waals surface area contributed by atoms with Crippen molar-refractivity contribution in [2.24, 2.45) is 0 Å². The van der Waals surface area contributed by atoms with Gasteiger partial charge >= 0.3 is 6.09 Å². The van der Waals surface area contributed by atoms with Gasteiger partial charge in [-0.25, -0.2) is 4.79 Å². The highest BCUT2D eigenvalue weighted by Crippen LogP contribution is 2.14. The molecule has 0 bridgehead atoms. The van der Waals surface area contributed by atoms with Crippen LogP contribution in [0.1, 0.15) is 47.0 Å². The SMILES string of the molecule is CCCNC1CCCN1C(=O)CNC(=O)OC(C)(C)C. The van der Waals surface area contributed by atoms with E-state index >= 15 is 0 Å². The van der Waals surface area contributed by atoms with Crippen molar-refractivity contribution >= 4 is 12.0 Å². The van der Waals surface area contributed by atoms with Gasteiger partial charge in [0.05, 0.1) is 6.17 Å². The van der Waals surface area contributed by atoms with E-state index in [4.69, 9.17) is 4.74 Å². The van der Waals surface area contributed by atoms with E-state index in [1.165, 1.54) is 0 Å². The van der Waals surface area contributed by atoms with Crippen molar-refractivity contribution in [3.63, 3.8) is 0 Å². The van der Waals surface area contributed by atoms with Crippen molar-refractivity contribution in [2.45, 2.75) is 58.7 Å². The maximum atomic E-state index is 12.1. The molecular weight excluding hydrogens is 258 g/mol. The summed E-state index contributed by atoms with van der Waals surface area (Å²) in [5.74, 6) is -0.0676. The Morgan fingerprint density at radius 3 is 2.65 bits per heavy atom. The first-order chi connectivity index (χ1) is 9.33. The summed E-state index contributed by atoms with van der Waals surface area (Å²) in [4.78, 5) is 25.4. The highest BCUT2D eigenvalue weighted by atomic mass is 16.6. The Kier molecular flexibility index (Phi) is 6.26. The second-order valence-corrected chi connectivity index (χ2v) is 6.05. The molecule has 1 saturated heterocycles. The molecule has 1 heterocycles. The van der Waals surface area contributed by atoms with Gasteiger partial charge in [0.15, 0.2) is 0 Å². The van der Waals surface area contributed by atoms with Crippen LogP contribution in [-0.2, 0) is 9.53 Å². The molecule has 1 fully saturated rings. The minimum atomic E-state index is -0.553. The van der Waals surface area contributed by atoms with Crippen LogP contribution in [0, 0.1) is 0 Å². The number of ether oxygens (including phenoxy) is 1. The number of nitrogens with zero attached hydrogens (tertiary/aromatic N) is 1. The van der Waals surface area contributed by atoms with Gasteiger partial charge in [0.2, 0.25) is 5.91 Å². The van der Waals surface area contributed by atoms with E-state index < -0.39 is 11.7 Å². The van der Waals surface area contributed by atoms with Gasteiger partial charge in [0.1, 0.15) is 12.1 Å². The number of amides is 2. The summed E-state index contributed by atoms with van der Waals surface area (Å²) in [6.45, 7) is 9.10. The highest BCUT2D eigenvalue weighted by molar-refractivity contribution is 5.82. The molecule has 1 unspecified atom stereocenters. The molecule has 1 atom stereocenters. The fourth-order valence-electron chi connectivity index (χ4n) is 2.15. The molecule has 6 heteroatoms. The van der Waals surface area contributed by atoms with Crippen LogP contribution in [0.3, 0.4) is 0 Å². The third-order valence-corrected chi connectivity index (χ3v) is 2.99. The molecule has 1 rings (SSSR count). The Morgan fingerprint density at radius 2 is 2.05 bits per heavy atom. The fourth-order valence-corrected chi connectivity index (χ4v) is 2.15. The predicted octanol–water partition coefficient (Wildman–Crippen LogP) is 1.46. The van der Waals surface area contributed by atoms with Crippen LogP contribution in [0.4, 0.5) is 4.79 Å². The first kappa shape index (κ1) is 16.8. The highest BCUT2D eigenvalue weighted by Gasteiger charge is 2.28. The molecule has 0 aliphatic carbocycles. The second kappa shape index (κ2) is 7.47. The molecule has 2 amide bonds. The van der Waals surface area contributed by atoms with Crippen LogP contribution in [0.25, 0.3) is 0 Å². The molecule has 1 aliphatic heterocycles. The van der Waals surface area contributed by atoms with Crippen LogP contribution in [0.2, 0.25) is 0 Å². The molecule has 0 aromatic carbocycles. The Balaban J connectivity index is 2.36. The summed E-state index contributed by atoms with van der Waals surface area (Å²) in [5, 5.41) is 5.86. The molecular formula is C14H27N3O3. The van der Waals surface area contributed by atoms with Gasteiger partial charge in [-0.2, -0.15) is 0 Å². The van der Waals surface area contributed by atoms with Gasteiger partial charge in [-0.3, -0.25) is 10.1 Å². The molecule has 0 saturated carbocycles. The van der Waals surface area contributed by atoms with E-state index in [2.05, 4.69) is 17.6 Å². The third-order valence-electron chi connectivity index (χ3n) is 2.99. The smallest absolute Gasteiger partial charge is 0.408 e. The molecule has 20 heavy (non-hydrogen) atoms. The molecule has 116 valence electrons. The third kappa shape index (κ3) is 5.77. The largest absolute Gasteiger partial charge is 0.444 e. The number of hydrogen-bond acceptors (Lipinski definition) is 4. The molecule has 0 spiro atoms. The number of likely N-dealkylation sites (tertiary alicyclic amines) is 1. The molecule has 1 aliphatic rings. The number of alkyl carbamates (subject to hydrolysis) is 1. The van der Waals surface area contributed by atoms with Crippen LogP contribution in [-0.4, -0.2) is 48.3 Å². The lowest BCUT2D eigenvalue weighted by Crippen LogP contribution is -2.48. The zero-order valence-corrected chi connectivity index (χ0v) is 13.0. The molecule has 2 N–H and O–H groups in total. The number of carbonyl (C=O) groups excluding carboxylic acids is 2. The van der Waals surface area contributed by atoms with E-state index in [0.717, 1.165) is 32.4 Å². The number of carbonyl (C=O) groups is 2. The van der Waals surface area contributed by atoms with Gasteiger partial charge in [-0.1, -0.05) is 6.92 Å². The quantitative estimate of drug-likeness (QED) is 0.802. The van der Waals surface area contributed by atoms with Crippen LogP contribution in [0.5, 0.6) is 0 Å². The van der Waals surface area contributed by atoms with Crippen molar-refractivity contribution in [3.05, 3.63) is 0 Å². The second-order valence-electron chi connectivity index (χ2n) is 6.05. The number of hydrogen-bond donors (Lipinski definition) is 2. The Bertz CT molecular complexity index is 339. The van der Waals surface area contributed by atoms with Gasteiger partial charge in [-0.15, -0.1) is 0 Å². The van der Waals surface area contributed by atoms with Gasteiger partial charge in [0.25, 0.3) is 0 Å². The average molecular weight is 285 g/mol. The lowest BCUT2D eigenvalue weighted by molar-refractivity contribution is -0.131. The standard InChI is InChI=1S/C14H27N3O3/c1-5-8-15-11-7-6-9-17(11)12(18)10-16-13(19)20-14(2,3)4/h11,15H,5-10H2,1-4H3,(H,16,19). The van der Waals surface area contributed by atoms with Crippen molar-refractivity contribution in [3.8, 4) is 0 Å². The van der Waals surface area contributed by atoms with Gasteiger partial charge in [0, 0.05) is 6.54 Å². The predicted molar refractivity (Wildman–Crippen MR) is 77.3 cm³/mol. The number of rotatable bonds is 5. The molecule has 6 nitrogen and oxygen atoms in total. The van der Waals surface area contributed by atoms with Gasteiger partial charge < -0.3 is 15.0 Å². The topological polar surface area (TPSA) is 70.7 Å². The zero-order valence-electron chi connectivity index (χ0n) is 13.0. The first-order valence-corrected chi connectivity index (χ1v) is 7.33. The Morgan fingerprint density at radius 1 is 1.35 bits per heavy atom. The summed E-state index contributed by atoms with van der Waals surface area (Å²) in [6.07, 6.45) is 2.55. The lowest BCUT2D eigenvalue weighted by Gasteiger charge is -2.26. The fraction of sp³-hybridized carbons (Fsp3) is 0.857. The maximum absolute atomic E-state index is 12.1. The van der Waals surface area contributed by atoms with E-state index in [1.54, 1.807) is 25.7 Å². The van der Waals surface area contributed by atoms with Crippen LogP contribution < -0.4 is 10.6 Å². The van der Waals surface area contributed by atoms with Crippen molar-refractivity contribution in [2.75, 3.05) is 19.6 Å². The molecule has 0 radical (unpaired) electrons. The van der Waals surface area contributed by atoms with E-state index in [-0.39, 0.29) is 18.6 Å². The Hall–Kier alpha value is -1.30. The van der Waals surface area contributed by atoms with Gasteiger partial charge in [-0.05, 0) is 46.6 Å². The summed E-state index contributed by atoms with van der Waals surface area (Å²) >= 11 is 0. The van der Waals surface area contributed by atoms with E-state index in [1.807, 2.05) is 0 Å². The summed E-state index contributed by atoms with van der Waals surface area (Å²) in [7, 11) is 0. The lowest BCUT2D eigenvalue weighted by atomic mass is 10.2. The zero-order chi connectivity index (χ0) is 15.2. The van der Waals surface area contributed by atoms with Crippen molar-refractivity contribution in [1.29, 1.82) is 0 Å². The van der Waals surface area contributed by atoms with Crippen molar-refractivity contribution < 1.29 is 14.3 Å². The summed E-state index contributed by atoms with van der Waals surface area (Å²) in [5.41, 5.74) is -0.550. The normalized spacial score (nSPS) is 19.0. The first-order valence-electron chi connectivity index (χ1n) is 7.33. The van der Waals surface area contributed by atoms with Crippen LogP contribution >= 0.6 is 0 Å². The maximum Gasteiger partial charge on any atom is 0.408 e.